The quantitative estimate of drug-likeness (QED) is 0.646. The van der Waals surface area contributed by atoms with Gasteiger partial charge in [-0.1, -0.05) is 11.6 Å². The molecule has 1 heterocycles. The van der Waals surface area contributed by atoms with Crippen molar-refractivity contribution in [1.29, 1.82) is 0 Å². The summed E-state index contributed by atoms with van der Waals surface area (Å²) in [6.07, 6.45) is 0. The molecule has 0 spiro atoms. The van der Waals surface area contributed by atoms with E-state index >= 15 is 0 Å². The average molecular weight is 286 g/mol. The largest absolute Gasteiger partial charge is 0.453 e. The van der Waals surface area contributed by atoms with E-state index in [1.54, 1.807) is 12.1 Å². The van der Waals surface area contributed by atoms with E-state index in [1.807, 2.05) is 19.1 Å². The Balaban J connectivity index is 2.10. The van der Waals surface area contributed by atoms with Gasteiger partial charge in [0.2, 0.25) is 5.78 Å². The summed E-state index contributed by atoms with van der Waals surface area (Å²) < 4.78 is 32.5. The van der Waals surface area contributed by atoms with Crippen LogP contribution in [0.3, 0.4) is 0 Å². The van der Waals surface area contributed by atoms with Gasteiger partial charge in [-0.05, 0) is 43.7 Å². The minimum absolute atomic E-state index is 0.0421. The number of fused-ring (bicyclic) bond motifs is 1. The van der Waals surface area contributed by atoms with E-state index in [9.17, 15) is 13.6 Å². The number of benzene rings is 2. The fourth-order valence-electron chi connectivity index (χ4n) is 2.24. The molecular weight excluding hydrogens is 274 g/mol. The summed E-state index contributed by atoms with van der Waals surface area (Å²) in [6, 6.07) is 8.99. The van der Waals surface area contributed by atoms with Gasteiger partial charge in [0.1, 0.15) is 17.2 Å². The highest BCUT2D eigenvalue weighted by Gasteiger charge is 2.20. The maximum Gasteiger partial charge on any atom is 0.231 e. The van der Waals surface area contributed by atoms with Gasteiger partial charge in [0.05, 0.1) is 5.56 Å². The number of ketones is 1. The third-order valence-corrected chi connectivity index (χ3v) is 3.39. The van der Waals surface area contributed by atoms with E-state index in [0.29, 0.717) is 5.58 Å². The summed E-state index contributed by atoms with van der Waals surface area (Å²) >= 11 is 0. The van der Waals surface area contributed by atoms with Gasteiger partial charge in [0, 0.05) is 11.5 Å². The molecule has 0 aliphatic carbocycles. The van der Waals surface area contributed by atoms with E-state index in [2.05, 4.69) is 0 Å². The second-order valence-electron chi connectivity index (χ2n) is 5.06. The Bertz CT molecular complexity index is 863. The van der Waals surface area contributed by atoms with Crippen molar-refractivity contribution in [2.24, 2.45) is 0 Å². The van der Waals surface area contributed by atoms with E-state index in [4.69, 9.17) is 4.42 Å². The highest BCUT2D eigenvalue weighted by Crippen LogP contribution is 2.24. The molecule has 0 saturated carbocycles. The Morgan fingerprint density at radius 1 is 1.00 bits per heavy atom. The lowest BCUT2D eigenvalue weighted by Crippen LogP contribution is -2.04. The minimum atomic E-state index is -0.889. The molecule has 106 valence electrons. The molecule has 0 saturated heterocycles. The molecule has 2 nitrogen and oxygen atoms in total. The van der Waals surface area contributed by atoms with Gasteiger partial charge in [-0.2, -0.15) is 0 Å². The average Bonchev–Trinajstić information content (AvgIpc) is 2.85. The van der Waals surface area contributed by atoms with Gasteiger partial charge in [-0.3, -0.25) is 4.79 Å². The SMILES string of the molecule is Cc1ccc2oc(C(=O)c3cc(C)c(F)cc3F)cc2c1. The van der Waals surface area contributed by atoms with Crippen LogP contribution in [0.4, 0.5) is 8.78 Å². The standard InChI is InChI=1S/C17H12F2O2/c1-9-3-4-15-11(5-9)7-16(21-15)17(20)12-6-10(2)13(18)8-14(12)19/h3-8H,1-2H3. The van der Waals surface area contributed by atoms with E-state index in [1.165, 1.54) is 13.0 Å². The molecule has 3 aromatic rings. The summed E-state index contributed by atoms with van der Waals surface area (Å²) in [5.74, 6) is -2.12. The normalized spacial score (nSPS) is 11.0. The first-order chi connectivity index (χ1) is 9.95. The van der Waals surface area contributed by atoms with Gasteiger partial charge in [-0.15, -0.1) is 0 Å². The monoisotopic (exact) mass is 286 g/mol. The maximum absolute atomic E-state index is 13.8. The highest BCUT2D eigenvalue weighted by atomic mass is 19.1. The molecule has 21 heavy (non-hydrogen) atoms. The van der Waals surface area contributed by atoms with Gasteiger partial charge in [0.25, 0.3) is 0 Å². The topological polar surface area (TPSA) is 30.2 Å². The molecule has 3 rings (SSSR count). The Kier molecular flexibility index (Phi) is 3.09. The van der Waals surface area contributed by atoms with Crippen molar-refractivity contribution < 1.29 is 18.0 Å². The van der Waals surface area contributed by atoms with Gasteiger partial charge in [-0.25, -0.2) is 8.78 Å². The van der Waals surface area contributed by atoms with Crippen molar-refractivity contribution in [3.8, 4) is 0 Å². The molecule has 0 fully saturated rings. The zero-order valence-corrected chi connectivity index (χ0v) is 11.5. The predicted molar refractivity (Wildman–Crippen MR) is 75.5 cm³/mol. The molecule has 0 aliphatic heterocycles. The molecule has 0 radical (unpaired) electrons. The van der Waals surface area contributed by atoms with Crippen LogP contribution in [0.1, 0.15) is 27.2 Å². The number of rotatable bonds is 2. The molecule has 0 aliphatic rings. The summed E-state index contributed by atoms with van der Waals surface area (Å²) in [5.41, 5.74) is 1.62. The first-order valence-corrected chi connectivity index (χ1v) is 6.46. The minimum Gasteiger partial charge on any atom is -0.453 e. The molecule has 1 aromatic heterocycles. The first kappa shape index (κ1) is 13.5. The predicted octanol–water partition coefficient (Wildman–Crippen LogP) is 4.56. The summed E-state index contributed by atoms with van der Waals surface area (Å²) in [6.45, 7) is 3.41. The first-order valence-electron chi connectivity index (χ1n) is 6.46. The molecule has 0 bridgehead atoms. The lowest BCUT2D eigenvalue weighted by Gasteiger charge is -2.03. The molecule has 0 atom stereocenters. The fraction of sp³-hybridized carbons (Fsp3) is 0.118. The molecular formula is C17H12F2O2. The summed E-state index contributed by atoms with van der Waals surface area (Å²) in [4.78, 5) is 12.3. The number of aryl methyl sites for hydroxylation is 2. The van der Waals surface area contributed by atoms with Crippen LogP contribution in [0, 0.1) is 25.5 Å². The molecule has 0 amide bonds. The van der Waals surface area contributed by atoms with E-state index in [-0.39, 0.29) is 16.9 Å². The number of carbonyl (C=O) groups excluding carboxylic acids is 1. The van der Waals surface area contributed by atoms with Crippen LogP contribution in [0.5, 0.6) is 0 Å². The number of hydrogen-bond donors (Lipinski definition) is 0. The van der Waals surface area contributed by atoms with Crippen LogP contribution in [-0.2, 0) is 0 Å². The van der Waals surface area contributed by atoms with Crippen LogP contribution < -0.4 is 0 Å². The van der Waals surface area contributed by atoms with Crippen molar-refractivity contribution in [2.75, 3.05) is 0 Å². The van der Waals surface area contributed by atoms with Crippen LogP contribution >= 0.6 is 0 Å². The number of furan rings is 1. The smallest absolute Gasteiger partial charge is 0.231 e. The number of hydrogen-bond acceptors (Lipinski definition) is 2. The second-order valence-corrected chi connectivity index (χ2v) is 5.06. The molecule has 0 unspecified atom stereocenters. The van der Waals surface area contributed by atoms with Crippen molar-refractivity contribution in [1.82, 2.24) is 0 Å². The van der Waals surface area contributed by atoms with Crippen molar-refractivity contribution in [2.45, 2.75) is 13.8 Å². The zero-order valence-electron chi connectivity index (χ0n) is 11.5. The van der Waals surface area contributed by atoms with Gasteiger partial charge >= 0.3 is 0 Å². The van der Waals surface area contributed by atoms with E-state index < -0.39 is 17.4 Å². The van der Waals surface area contributed by atoms with Crippen LogP contribution in [-0.4, -0.2) is 5.78 Å². The van der Waals surface area contributed by atoms with Gasteiger partial charge in [0.15, 0.2) is 5.76 Å². The van der Waals surface area contributed by atoms with Gasteiger partial charge < -0.3 is 4.42 Å². The van der Waals surface area contributed by atoms with Crippen molar-refractivity contribution in [3.63, 3.8) is 0 Å². The lowest BCUT2D eigenvalue weighted by atomic mass is 10.0. The lowest BCUT2D eigenvalue weighted by molar-refractivity contribution is 0.101. The summed E-state index contributed by atoms with van der Waals surface area (Å²) in [5, 5.41) is 0.776. The number of halogens is 2. The summed E-state index contributed by atoms with van der Waals surface area (Å²) in [7, 11) is 0. The molecule has 2 aromatic carbocycles. The Hall–Kier alpha value is -2.49. The van der Waals surface area contributed by atoms with Crippen LogP contribution in [0.25, 0.3) is 11.0 Å². The van der Waals surface area contributed by atoms with Crippen molar-refractivity contribution in [3.05, 3.63) is 70.5 Å². The Labute approximate surface area is 120 Å². The maximum atomic E-state index is 13.8. The third-order valence-electron chi connectivity index (χ3n) is 3.39. The zero-order chi connectivity index (χ0) is 15.1. The van der Waals surface area contributed by atoms with Crippen LogP contribution in [0.15, 0.2) is 40.8 Å². The highest BCUT2D eigenvalue weighted by molar-refractivity contribution is 6.09. The number of carbonyl (C=O) groups is 1. The van der Waals surface area contributed by atoms with E-state index in [0.717, 1.165) is 17.0 Å². The Morgan fingerprint density at radius 2 is 1.76 bits per heavy atom. The second kappa shape index (κ2) is 4.81. The Morgan fingerprint density at radius 3 is 2.52 bits per heavy atom. The molecule has 0 N–H and O–H groups in total. The molecule has 4 heteroatoms. The third kappa shape index (κ3) is 2.33. The fourth-order valence-corrected chi connectivity index (χ4v) is 2.24. The van der Waals surface area contributed by atoms with Crippen molar-refractivity contribution >= 4 is 16.8 Å². The van der Waals surface area contributed by atoms with Crippen LogP contribution in [0.2, 0.25) is 0 Å².